The molecule has 0 heterocycles. The quantitative estimate of drug-likeness (QED) is 0.596. The standard InChI is InChI=1S/C11H22N2O3/c1-4-5-8(6-12)10(14)13-9(7(2)3)11(15)16/h7-9H,4-6,12H2,1-3H3,(H,13,14)(H,15,16). The van der Waals surface area contributed by atoms with Crippen molar-refractivity contribution in [3.8, 4) is 0 Å². The highest BCUT2D eigenvalue weighted by Gasteiger charge is 2.26. The molecule has 0 aromatic heterocycles. The molecule has 0 fully saturated rings. The lowest BCUT2D eigenvalue weighted by molar-refractivity contribution is -0.143. The molecule has 0 aliphatic heterocycles. The smallest absolute Gasteiger partial charge is 0.326 e. The Morgan fingerprint density at radius 3 is 2.25 bits per heavy atom. The van der Waals surface area contributed by atoms with Crippen LogP contribution in [-0.4, -0.2) is 29.6 Å². The van der Waals surface area contributed by atoms with Gasteiger partial charge in [-0.2, -0.15) is 0 Å². The van der Waals surface area contributed by atoms with Gasteiger partial charge in [-0.25, -0.2) is 4.79 Å². The SMILES string of the molecule is CCCC(CN)C(=O)NC(C(=O)O)C(C)C. The number of nitrogens with one attached hydrogen (secondary N) is 1. The molecular weight excluding hydrogens is 208 g/mol. The number of carboxylic acid groups (broad SMARTS) is 1. The van der Waals surface area contributed by atoms with Crippen molar-refractivity contribution in [2.45, 2.75) is 39.7 Å². The van der Waals surface area contributed by atoms with E-state index in [1.165, 1.54) is 0 Å². The summed E-state index contributed by atoms with van der Waals surface area (Å²) in [5.74, 6) is -1.69. The molecule has 0 aromatic rings. The van der Waals surface area contributed by atoms with E-state index in [2.05, 4.69) is 5.32 Å². The maximum Gasteiger partial charge on any atom is 0.326 e. The molecule has 0 aromatic carbocycles. The van der Waals surface area contributed by atoms with Gasteiger partial charge in [0.1, 0.15) is 6.04 Å². The summed E-state index contributed by atoms with van der Waals surface area (Å²) >= 11 is 0. The van der Waals surface area contributed by atoms with Gasteiger partial charge in [-0.05, 0) is 12.3 Å². The topological polar surface area (TPSA) is 92.4 Å². The van der Waals surface area contributed by atoms with Gasteiger partial charge in [-0.3, -0.25) is 4.79 Å². The number of carbonyl (C=O) groups is 2. The van der Waals surface area contributed by atoms with Gasteiger partial charge < -0.3 is 16.2 Å². The van der Waals surface area contributed by atoms with Crippen LogP contribution in [0.25, 0.3) is 0 Å². The van der Waals surface area contributed by atoms with E-state index in [1.807, 2.05) is 6.92 Å². The zero-order valence-corrected chi connectivity index (χ0v) is 10.2. The minimum Gasteiger partial charge on any atom is -0.480 e. The van der Waals surface area contributed by atoms with Gasteiger partial charge in [0.05, 0.1) is 5.92 Å². The number of nitrogens with two attached hydrogens (primary N) is 1. The summed E-state index contributed by atoms with van der Waals surface area (Å²) in [6.45, 7) is 5.74. The summed E-state index contributed by atoms with van der Waals surface area (Å²) in [4.78, 5) is 22.6. The molecule has 0 aliphatic carbocycles. The summed E-state index contributed by atoms with van der Waals surface area (Å²) in [7, 11) is 0. The van der Waals surface area contributed by atoms with Gasteiger partial charge in [0.15, 0.2) is 0 Å². The summed E-state index contributed by atoms with van der Waals surface area (Å²) in [5.41, 5.74) is 5.48. The van der Waals surface area contributed by atoms with Gasteiger partial charge in [-0.15, -0.1) is 0 Å². The molecule has 0 rings (SSSR count). The third-order valence-corrected chi connectivity index (χ3v) is 2.52. The molecule has 2 unspecified atom stereocenters. The number of aliphatic carboxylic acids is 1. The lowest BCUT2D eigenvalue weighted by Crippen LogP contribution is -2.47. The van der Waals surface area contributed by atoms with Crippen molar-refractivity contribution < 1.29 is 14.7 Å². The monoisotopic (exact) mass is 230 g/mol. The second kappa shape index (κ2) is 7.22. The van der Waals surface area contributed by atoms with Crippen LogP contribution in [0.3, 0.4) is 0 Å². The van der Waals surface area contributed by atoms with Crippen LogP contribution >= 0.6 is 0 Å². The van der Waals surface area contributed by atoms with E-state index in [0.717, 1.165) is 6.42 Å². The lowest BCUT2D eigenvalue weighted by atomic mass is 10.00. The van der Waals surface area contributed by atoms with E-state index in [9.17, 15) is 9.59 Å². The van der Waals surface area contributed by atoms with E-state index in [4.69, 9.17) is 10.8 Å². The molecule has 0 aliphatic rings. The largest absolute Gasteiger partial charge is 0.480 e. The number of carbonyl (C=O) groups excluding carboxylic acids is 1. The van der Waals surface area contributed by atoms with Crippen LogP contribution in [0.5, 0.6) is 0 Å². The minimum atomic E-state index is -1.00. The fourth-order valence-corrected chi connectivity index (χ4v) is 1.49. The van der Waals surface area contributed by atoms with E-state index in [1.54, 1.807) is 13.8 Å². The number of amides is 1. The van der Waals surface area contributed by atoms with Crippen LogP contribution < -0.4 is 11.1 Å². The minimum absolute atomic E-state index is 0.137. The first kappa shape index (κ1) is 14.9. The molecule has 16 heavy (non-hydrogen) atoms. The molecule has 4 N–H and O–H groups in total. The van der Waals surface area contributed by atoms with Crippen LogP contribution in [0, 0.1) is 11.8 Å². The average molecular weight is 230 g/mol. The predicted molar refractivity (Wildman–Crippen MR) is 61.9 cm³/mol. The predicted octanol–water partition coefficient (Wildman–Crippen LogP) is 0.587. The Labute approximate surface area is 96.4 Å². The Bertz CT molecular complexity index is 241. The Kier molecular flexibility index (Phi) is 6.72. The fraction of sp³-hybridized carbons (Fsp3) is 0.818. The molecule has 0 spiro atoms. The summed E-state index contributed by atoms with van der Waals surface area (Å²) in [5, 5.41) is 11.5. The van der Waals surface area contributed by atoms with Gasteiger partial charge in [-0.1, -0.05) is 27.2 Å². The first-order chi connectivity index (χ1) is 7.43. The van der Waals surface area contributed by atoms with Crippen LogP contribution in [0.15, 0.2) is 0 Å². The van der Waals surface area contributed by atoms with Crippen molar-refractivity contribution in [3.05, 3.63) is 0 Å². The molecule has 5 heteroatoms. The average Bonchev–Trinajstić information content (AvgIpc) is 2.21. The molecule has 0 radical (unpaired) electrons. The number of hydrogen-bond donors (Lipinski definition) is 3. The number of carboxylic acids is 1. The second-order valence-corrected chi connectivity index (χ2v) is 4.29. The van der Waals surface area contributed by atoms with Crippen LogP contribution in [0.2, 0.25) is 0 Å². The van der Waals surface area contributed by atoms with Crippen molar-refractivity contribution in [1.29, 1.82) is 0 Å². The zero-order chi connectivity index (χ0) is 12.7. The van der Waals surface area contributed by atoms with Crippen LogP contribution in [0.4, 0.5) is 0 Å². The maximum atomic E-state index is 11.7. The van der Waals surface area contributed by atoms with Gasteiger partial charge in [0.25, 0.3) is 0 Å². The maximum absolute atomic E-state index is 11.7. The van der Waals surface area contributed by atoms with Crippen molar-refractivity contribution >= 4 is 11.9 Å². The highest BCUT2D eigenvalue weighted by molar-refractivity contribution is 5.85. The third-order valence-electron chi connectivity index (χ3n) is 2.52. The normalized spacial score (nSPS) is 14.6. The van der Waals surface area contributed by atoms with Crippen molar-refractivity contribution in [1.82, 2.24) is 5.32 Å². The second-order valence-electron chi connectivity index (χ2n) is 4.29. The van der Waals surface area contributed by atoms with Crippen molar-refractivity contribution in [3.63, 3.8) is 0 Å². The van der Waals surface area contributed by atoms with E-state index in [-0.39, 0.29) is 24.3 Å². The van der Waals surface area contributed by atoms with Crippen molar-refractivity contribution in [2.75, 3.05) is 6.54 Å². The highest BCUT2D eigenvalue weighted by atomic mass is 16.4. The number of hydrogen-bond acceptors (Lipinski definition) is 3. The Balaban J connectivity index is 4.43. The zero-order valence-electron chi connectivity index (χ0n) is 10.2. The molecule has 5 nitrogen and oxygen atoms in total. The Morgan fingerprint density at radius 1 is 1.38 bits per heavy atom. The van der Waals surface area contributed by atoms with Gasteiger partial charge in [0.2, 0.25) is 5.91 Å². The summed E-state index contributed by atoms with van der Waals surface area (Å²) in [6, 6.07) is -0.835. The summed E-state index contributed by atoms with van der Waals surface area (Å²) < 4.78 is 0. The molecule has 1 amide bonds. The highest BCUT2D eigenvalue weighted by Crippen LogP contribution is 2.08. The first-order valence-corrected chi connectivity index (χ1v) is 5.67. The van der Waals surface area contributed by atoms with Crippen molar-refractivity contribution in [2.24, 2.45) is 17.6 Å². The van der Waals surface area contributed by atoms with Gasteiger partial charge in [0, 0.05) is 6.54 Å². The lowest BCUT2D eigenvalue weighted by Gasteiger charge is -2.21. The molecule has 0 bridgehead atoms. The molecular formula is C11H22N2O3. The number of rotatable bonds is 7. The third kappa shape index (κ3) is 4.61. The van der Waals surface area contributed by atoms with Gasteiger partial charge >= 0.3 is 5.97 Å². The van der Waals surface area contributed by atoms with E-state index >= 15 is 0 Å². The fourth-order valence-electron chi connectivity index (χ4n) is 1.49. The Morgan fingerprint density at radius 2 is 1.94 bits per heavy atom. The van der Waals surface area contributed by atoms with E-state index in [0.29, 0.717) is 6.42 Å². The van der Waals surface area contributed by atoms with Crippen LogP contribution in [-0.2, 0) is 9.59 Å². The molecule has 0 saturated heterocycles. The molecule has 94 valence electrons. The first-order valence-electron chi connectivity index (χ1n) is 5.67. The summed E-state index contributed by atoms with van der Waals surface area (Å²) in [6.07, 6.45) is 1.54. The van der Waals surface area contributed by atoms with Crippen LogP contribution in [0.1, 0.15) is 33.6 Å². The van der Waals surface area contributed by atoms with E-state index < -0.39 is 12.0 Å². The molecule has 0 saturated carbocycles. The molecule has 2 atom stereocenters. The Hall–Kier alpha value is -1.10.